The van der Waals surface area contributed by atoms with Crippen molar-refractivity contribution in [2.75, 3.05) is 5.32 Å². The van der Waals surface area contributed by atoms with Gasteiger partial charge in [-0.25, -0.2) is 4.99 Å². The fourth-order valence-electron chi connectivity index (χ4n) is 2.67. The molecule has 148 valence electrons. The van der Waals surface area contributed by atoms with Crippen molar-refractivity contribution in [3.8, 4) is 0 Å². The van der Waals surface area contributed by atoms with Crippen molar-refractivity contribution >= 4 is 29.9 Å². The van der Waals surface area contributed by atoms with E-state index in [1.165, 1.54) is 0 Å². The number of amides is 2. The van der Waals surface area contributed by atoms with Crippen LogP contribution in [0.1, 0.15) is 42.6 Å². The van der Waals surface area contributed by atoms with Gasteiger partial charge in [-0.3, -0.25) is 14.6 Å². The zero-order chi connectivity index (χ0) is 20.8. The van der Waals surface area contributed by atoms with Gasteiger partial charge in [-0.15, -0.1) is 0 Å². The number of anilines is 1. The fraction of sp³-hybridized carbons (Fsp3) is 0.217. The van der Waals surface area contributed by atoms with Crippen molar-refractivity contribution in [1.29, 1.82) is 0 Å². The Morgan fingerprint density at radius 2 is 1.59 bits per heavy atom. The average molecular weight is 388 g/mol. The Morgan fingerprint density at radius 1 is 0.966 bits per heavy atom. The van der Waals surface area contributed by atoms with Gasteiger partial charge in [0.2, 0.25) is 0 Å². The van der Waals surface area contributed by atoms with Crippen LogP contribution in [0.25, 0.3) is 0 Å². The molecule has 2 aromatic rings. The second kappa shape index (κ2) is 9.10. The molecule has 1 aliphatic carbocycles. The van der Waals surface area contributed by atoms with Crippen molar-refractivity contribution in [3.05, 3.63) is 77.1 Å². The van der Waals surface area contributed by atoms with Crippen molar-refractivity contribution in [2.45, 2.75) is 32.7 Å². The summed E-state index contributed by atoms with van der Waals surface area (Å²) in [4.78, 5) is 33.2. The lowest BCUT2D eigenvalue weighted by atomic mass is 10.1. The molecule has 0 spiro atoms. The van der Waals surface area contributed by atoms with Crippen LogP contribution in [0.3, 0.4) is 0 Å². The Labute approximate surface area is 170 Å². The molecule has 0 aromatic heterocycles. The van der Waals surface area contributed by atoms with E-state index in [4.69, 9.17) is 0 Å². The number of hydrogen-bond acceptors (Lipinski definition) is 4. The molecule has 29 heavy (non-hydrogen) atoms. The summed E-state index contributed by atoms with van der Waals surface area (Å²) in [5.74, 6) is -0.427. The first kappa shape index (κ1) is 20.2. The van der Waals surface area contributed by atoms with Gasteiger partial charge < -0.3 is 10.6 Å². The van der Waals surface area contributed by atoms with Crippen LogP contribution in [0.5, 0.6) is 0 Å². The molecule has 1 aliphatic rings. The third-order valence-corrected chi connectivity index (χ3v) is 4.58. The first-order chi connectivity index (χ1) is 14.0. The third kappa shape index (κ3) is 5.48. The van der Waals surface area contributed by atoms with Crippen LogP contribution in [0, 0.1) is 0 Å². The average Bonchev–Trinajstić information content (AvgIpc) is 3.56. The fourth-order valence-corrected chi connectivity index (χ4v) is 2.67. The second-order valence-electron chi connectivity index (χ2n) is 6.93. The summed E-state index contributed by atoms with van der Waals surface area (Å²) in [5.41, 5.74) is 3.35. The van der Waals surface area contributed by atoms with Crippen molar-refractivity contribution < 1.29 is 9.59 Å². The van der Waals surface area contributed by atoms with Crippen molar-refractivity contribution in [2.24, 2.45) is 9.98 Å². The number of carbonyl (C=O) groups excluding carboxylic acids is 2. The minimum atomic E-state index is -0.360. The van der Waals surface area contributed by atoms with Crippen LogP contribution in [-0.2, 0) is 4.79 Å². The summed E-state index contributed by atoms with van der Waals surface area (Å²) in [7, 11) is 0. The molecule has 2 aromatic carbocycles. The molecule has 0 atom stereocenters. The minimum absolute atomic E-state index is 0.0665. The standard InChI is InChI=1S/C23H24N4O2/c1-15(17-9-11-18(12-10-17)22(28)26-20-13-14-20)25-21(16(2)24-3)23(29)27-19-7-5-4-6-8-19/h4-12,20H,3,13-14H2,1-2H3,(H,26,28)(H,27,29)/b21-16-,25-15+. The summed E-state index contributed by atoms with van der Waals surface area (Å²) < 4.78 is 0. The number of benzene rings is 2. The third-order valence-electron chi connectivity index (χ3n) is 4.58. The molecule has 3 rings (SSSR count). The smallest absolute Gasteiger partial charge is 0.276 e. The molecular formula is C23H24N4O2. The number of carbonyl (C=O) groups is 2. The molecule has 0 bridgehead atoms. The van der Waals surface area contributed by atoms with E-state index >= 15 is 0 Å². The van der Waals surface area contributed by atoms with E-state index in [1.807, 2.05) is 37.3 Å². The van der Waals surface area contributed by atoms with Crippen molar-refractivity contribution in [3.63, 3.8) is 0 Å². The molecule has 1 saturated carbocycles. The molecular weight excluding hydrogens is 364 g/mol. The Morgan fingerprint density at radius 3 is 2.17 bits per heavy atom. The predicted molar refractivity (Wildman–Crippen MR) is 116 cm³/mol. The van der Waals surface area contributed by atoms with E-state index in [2.05, 4.69) is 27.3 Å². The van der Waals surface area contributed by atoms with Gasteiger partial charge in [0, 0.05) is 23.0 Å². The Balaban J connectivity index is 1.79. The molecule has 6 heteroatoms. The van der Waals surface area contributed by atoms with Crippen LogP contribution in [0.4, 0.5) is 5.69 Å². The van der Waals surface area contributed by atoms with Gasteiger partial charge in [0.25, 0.3) is 11.8 Å². The van der Waals surface area contributed by atoms with E-state index in [1.54, 1.807) is 31.2 Å². The van der Waals surface area contributed by atoms with E-state index in [9.17, 15) is 9.59 Å². The van der Waals surface area contributed by atoms with Crippen LogP contribution < -0.4 is 10.6 Å². The topological polar surface area (TPSA) is 82.9 Å². The van der Waals surface area contributed by atoms with Gasteiger partial charge in [0.05, 0.1) is 5.70 Å². The Hall–Kier alpha value is -3.54. The summed E-state index contributed by atoms with van der Waals surface area (Å²) in [6.45, 7) is 7.01. The minimum Gasteiger partial charge on any atom is -0.349 e. The van der Waals surface area contributed by atoms with Crippen molar-refractivity contribution in [1.82, 2.24) is 5.32 Å². The number of nitrogens with one attached hydrogen (secondary N) is 2. The molecule has 0 saturated heterocycles. The maximum Gasteiger partial charge on any atom is 0.276 e. The number of para-hydroxylation sites is 1. The van der Waals surface area contributed by atoms with E-state index < -0.39 is 0 Å². The number of allylic oxidation sites excluding steroid dienone is 1. The summed E-state index contributed by atoms with van der Waals surface area (Å²) >= 11 is 0. The number of aliphatic imine (C=N–C) groups is 2. The quantitative estimate of drug-likeness (QED) is 0.556. The van der Waals surface area contributed by atoms with E-state index in [0.29, 0.717) is 28.7 Å². The van der Waals surface area contributed by atoms with Crippen LogP contribution in [-0.4, -0.2) is 30.3 Å². The predicted octanol–water partition coefficient (Wildman–Crippen LogP) is 3.96. The zero-order valence-corrected chi connectivity index (χ0v) is 16.6. The highest BCUT2D eigenvalue weighted by Crippen LogP contribution is 2.20. The van der Waals surface area contributed by atoms with Crippen LogP contribution in [0.15, 0.2) is 76.0 Å². The largest absolute Gasteiger partial charge is 0.349 e. The second-order valence-corrected chi connectivity index (χ2v) is 6.93. The highest BCUT2D eigenvalue weighted by atomic mass is 16.2. The SMILES string of the molecule is C=N/C(C)=C(\N=C(/C)c1ccc(C(=O)NC2CC2)cc1)C(=O)Nc1ccccc1. The first-order valence-electron chi connectivity index (χ1n) is 9.48. The van der Waals surface area contributed by atoms with E-state index in [-0.39, 0.29) is 17.5 Å². The number of rotatable bonds is 7. The maximum atomic E-state index is 12.7. The normalized spacial score (nSPS) is 14.6. The highest BCUT2D eigenvalue weighted by Gasteiger charge is 2.23. The zero-order valence-electron chi connectivity index (χ0n) is 16.6. The van der Waals surface area contributed by atoms with Crippen LogP contribution >= 0.6 is 0 Å². The first-order valence-corrected chi connectivity index (χ1v) is 9.48. The van der Waals surface area contributed by atoms with Gasteiger partial charge in [-0.2, -0.15) is 0 Å². The van der Waals surface area contributed by atoms with Gasteiger partial charge in [0.15, 0.2) is 0 Å². The molecule has 2 amide bonds. The lowest BCUT2D eigenvalue weighted by molar-refractivity contribution is -0.112. The summed E-state index contributed by atoms with van der Waals surface area (Å²) in [6, 6.07) is 16.6. The Bertz CT molecular complexity index is 972. The lowest BCUT2D eigenvalue weighted by Gasteiger charge is -2.09. The van der Waals surface area contributed by atoms with Gasteiger partial charge in [0.1, 0.15) is 5.70 Å². The molecule has 2 N–H and O–H groups in total. The highest BCUT2D eigenvalue weighted by molar-refractivity contribution is 6.08. The molecule has 1 fully saturated rings. The molecule has 6 nitrogen and oxygen atoms in total. The number of hydrogen-bond donors (Lipinski definition) is 2. The van der Waals surface area contributed by atoms with Gasteiger partial charge >= 0.3 is 0 Å². The summed E-state index contributed by atoms with van der Waals surface area (Å²) in [5, 5.41) is 5.78. The monoisotopic (exact) mass is 388 g/mol. The van der Waals surface area contributed by atoms with Gasteiger partial charge in [-0.1, -0.05) is 30.3 Å². The summed E-state index contributed by atoms with van der Waals surface area (Å²) in [6.07, 6.45) is 2.10. The maximum absolute atomic E-state index is 12.7. The molecule has 0 radical (unpaired) electrons. The van der Waals surface area contributed by atoms with E-state index in [0.717, 1.165) is 18.4 Å². The molecule has 0 heterocycles. The van der Waals surface area contributed by atoms with Crippen LogP contribution in [0.2, 0.25) is 0 Å². The lowest BCUT2D eigenvalue weighted by Crippen LogP contribution is -2.25. The molecule has 0 unspecified atom stereocenters. The number of nitrogens with zero attached hydrogens (tertiary/aromatic N) is 2. The molecule has 0 aliphatic heterocycles. The Kier molecular flexibility index (Phi) is 6.34. The van der Waals surface area contributed by atoms with Gasteiger partial charge in [-0.05, 0) is 63.2 Å².